The number of rotatable bonds is 10. The van der Waals surface area contributed by atoms with Gasteiger partial charge in [-0.1, -0.05) is 19.1 Å². The first-order valence-electron chi connectivity index (χ1n) is 8.30. The van der Waals surface area contributed by atoms with Crippen molar-refractivity contribution in [3.8, 4) is 0 Å². The number of hydroxylamine groups is 1. The van der Waals surface area contributed by atoms with Crippen molar-refractivity contribution in [2.24, 2.45) is 5.92 Å². The smallest absolute Gasteiger partial charge is 0.350 e. The molecule has 0 saturated carbocycles. The molecule has 2 aromatic heterocycles. The standard InChI is InChI=1S/C14H23N6O6P/c1-9(2)4-5-26-18-14(21)12-11-13(16-7-15-12)20(19-17-11)6-10(3)25-8-27(22,23)24/h7,9-10H,4-6,8H2,1-3H3,(H,18,21)(H2,22,23,24)/t10-/m1/s1. The van der Waals surface area contributed by atoms with E-state index in [9.17, 15) is 9.36 Å². The first kappa shape index (κ1) is 21.3. The van der Waals surface area contributed by atoms with Crippen LogP contribution in [0.2, 0.25) is 0 Å². The van der Waals surface area contributed by atoms with E-state index in [4.69, 9.17) is 19.4 Å². The number of carbonyl (C=O) groups excluding carboxylic acids is 1. The molecule has 0 aliphatic heterocycles. The monoisotopic (exact) mass is 402 g/mol. The van der Waals surface area contributed by atoms with Gasteiger partial charge in [-0.3, -0.25) is 14.2 Å². The highest BCUT2D eigenvalue weighted by Gasteiger charge is 2.20. The highest BCUT2D eigenvalue weighted by Crippen LogP contribution is 2.34. The highest BCUT2D eigenvalue weighted by atomic mass is 31.2. The van der Waals surface area contributed by atoms with Crippen molar-refractivity contribution < 1.29 is 28.7 Å². The Bertz CT molecular complexity index is 822. The lowest BCUT2D eigenvalue weighted by Crippen LogP contribution is -2.26. The van der Waals surface area contributed by atoms with Crippen molar-refractivity contribution >= 4 is 24.7 Å². The number of nitrogens with one attached hydrogen (secondary N) is 1. The summed E-state index contributed by atoms with van der Waals surface area (Å²) in [5.41, 5.74) is 2.81. The quantitative estimate of drug-likeness (QED) is 0.289. The van der Waals surface area contributed by atoms with Crippen molar-refractivity contribution in [3.05, 3.63) is 12.0 Å². The number of ether oxygens (including phenoxy) is 1. The number of fused-ring (bicyclic) bond motifs is 1. The first-order valence-corrected chi connectivity index (χ1v) is 10.1. The Balaban J connectivity index is 2.05. The lowest BCUT2D eigenvalue weighted by Gasteiger charge is -2.13. The van der Waals surface area contributed by atoms with E-state index in [1.54, 1.807) is 6.92 Å². The van der Waals surface area contributed by atoms with Gasteiger partial charge < -0.3 is 14.5 Å². The molecule has 12 nitrogen and oxygen atoms in total. The molecule has 0 aliphatic rings. The van der Waals surface area contributed by atoms with Crippen molar-refractivity contribution in [2.45, 2.75) is 39.8 Å². The van der Waals surface area contributed by atoms with Gasteiger partial charge in [-0.05, 0) is 19.3 Å². The molecule has 150 valence electrons. The van der Waals surface area contributed by atoms with E-state index in [0.717, 1.165) is 6.42 Å². The van der Waals surface area contributed by atoms with Crippen LogP contribution < -0.4 is 5.48 Å². The molecule has 3 N–H and O–H groups in total. The minimum Gasteiger partial charge on any atom is -0.364 e. The number of hydrogen-bond donors (Lipinski definition) is 3. The minimum absolute atomic E-state index is 0.0135. The summed E-state index contributed by atoms with van der Waals surface area (Å²) in [4.78, 5) is 43.1. The fourth-order valence-corrected chi connectivity index (χ4v) is 2.51. The predicted octanol–water partition coefficient (Wildman–Crippen LogP) is 0.469. The normalized spacial score (nSPS) is 13.3. The van der Waals surface area contributed by atoms with Crippen LogP contribution in [0.15, 0.2) is 6.33 Å². The number of hydrogen-bond acceptors (Lipinski definition) is 8. The molecular formula is C14H23N6O6P. The summed E-state index contributed by atoms with van der Waals surface area (Å²) >= 11 is 0. The summed E-state index contributed by atoms with van der Waals surface area (Å²) in [5, 5.41) is 7.83. The van der Waals surface area contributed by atoms with Crippen LogP contribution in [-0.2, 0) is 20.7 Å². The molecule has 2 rings (SSSR count). The van der Waals surface area contributed by atoms with E-state index < -0.39 is 26.0 Å². The Hall–Kier alpha value is -1.98. The third kappa shape index (κ3) is 6.60. The van der Waals surface area contributed by atoms with Crippen LogP contribution in [0.5, 0.6) is 0 Å². The van der Waals surface area contributed by atoms with E-state index in [-0.39, 0.29) is 17.8 Å². The number of amides is 1. The molecule has 0 unspecified atom stereocenters. The van der Waals surface area contributed by atoms with Gasteiger partial charge in [0.05, 0.1) is 19.3 Å². The van der Waals surface area contributed by atoms with Crippen molar-refractivity contribution in [1.82, 2.24) is 30.4 Å². The molecule has 0 aliphatic carbocycles. The van der Waals surface area contributed by atoms with E-state index in [0.29, 0.717) is 18.2 Å². The molecule has 2 heterocycles. The van der Waals surface area contributed by atoms with Gasteiger partial charge in [0.15, 0.2) is 16.9 Å². The molecule has 1 amide bonds. The minimum atomic E-state index is -4.26. The topological polar surface area (TPSA) is 162 Å². The SMILES string of the molecule is CC(C)CCONC(=O)c1ncnc2c1nnn2C[C@@H](C)OCP(=O)(O)O. The highest BCUT2D eigenvalue weighted by molar-refractivity contribution is 7.51. The summed E-state index contributed by atoms with van der Waals surface area (Å²) in [6, 6.07) is 0. The zero-order valence-electron chi connectivity index (χ0n) is 15.3. The fourth-order valence-electron chi connectivity index (χ4n) is 2.06. The van der Waals surface area contributed by atoms with Crippen LogP contribution in [0.25, 0.3) is 11.2 Å². The lowest BCUT2D eigenvalue weighted by atomic mass is 10.1. The van der Waals surface area contributed by atoms with Crippen molar-refractivity contribution in [3.63, 3.8) is 0 Å². The average Bonchev–Trinajstić information content (AvgIpc) is 2.99. The second kappa shape index (κ2) is 9.29. The Labute approximate surface area is 155 Å². The van der Waals surface area contributed by atoms with Gasteiger partial charge in [-0.15, -0.1) is 5.10 Å². The summed E-state index contributed by atoms with van der Waals surface area (Å²) in [7, 11) is -4.26. The molecule has 0 aromatic carbocycles. The molecule has 0 bridgehead atoms. The van der Waals surface area contributed by atoms with Gasteiger partial charge in [0.1, 0.15) is 12.7 Å². The maximum Gasteiger partial charge on any atom is 0.350 e. The van der Waals surface area contributed by atoms with E-state index in [1.807, 2.05) is 13.8 Å². The van der Waals surface area contributed by atoms with E-state index in [2.05, 4.69) is 25.8 Å². The van der Waals surface area contributed by atoms with Crippen LogP contribution in [-0.4, -0.2) is 59.7 Å². The average molecular weight is 402 g/mol. The van der Waals surface area contributed by atoms with Gasteiger partial charge >= 0.3 is 7.60 Å². The van der Waals surface area contributed by atoms with Crippen LogP contribution in [0, 0.1) is 5.92 Å². The second-order valence-corrected chi connectivity index (χ2v) is 7.99. The molecule has 13 heteroatoms. The molecule has 0 fully saturated rings. The maximum atomic E-state index is 12.2. The van der Waals surface area contributed by atoms with Crippen molar-refractivity contribution in [1.29, 1.82) is 0 Å². The Morgan fingerprint density at radius 2 is 2.07 bits per heavy atom. The largest absolute Gasteiger partial charge is 0.364 e. The van der Waals surface area contributed by atoms with Crippen LogP contribution in [0.4, 0.5) is 0 Å². The number of aromatic nitrogens is 5. The third-order valence-electron chi connectivity index (χ3n) is 3.43. The molecule has 0 spiro atoms. The van der Waals surface area contributed by atoms with Gasteiger partial charge in [0, 0.05) is 0 Å². The summed E-state index contributed by atoms with van der Waals surface area (Å²) in [6.45, 7) is 6.23. The fraction of sp³-hybridized carbons (Fsp3) is 0.643. The Morgan fingerprint density at radius 1 is 1.33 bits per heavy atom. The molecule has 27 heavy (non-hydrogen) atoms. The van der Waals surface area contributed by atoms with E-state index >= 15 is 0 Å². The van der Waals surface area contributed by atoms with Crippen LogP contribution in [0.3, 0.4) is 0 Å². The van der Waals surface area contributed by atoms with Gasteiger partial charge in [-0.2, -0.15) is 0 Å². The number of carbonyl (C=O) groups is 1. The zero-order valence-corrected chi connectivity index (χ0v) is 16.2. The van der Waals surface area contributed by atoms with Crippen molar-refractivity contribution in [2.75, 3.05) is 13.0 Å². The third-order valence-corrected chi connectivity index (χ3v) is 3.92. The summed E-state index contributed by atoms with van der Waals surface area (Å²) in [5.74, 6) is -0.119. The Morgan fingerprint density at radius 3 is 2.74 bits per heavy atom. The zero-order chi connectivity index (χ0) is 20.0. The van der Waals surface area contributed by atoms with Crippen LogP contribution in [0.1, 0.15) is 37.7 Å². The lowest BCUT2D eigenvalue weighted by molar-refractivity contribution is 0.0271. The summed E-state index contributed by atoms with van der Waals surface area (Å²) in [6.07, 6.45) is 0.736. The van der Waals surface area contributed by atoms with Gasteiger partial charge in [0.25, 0.3) is 5.91 Å². The maximum absolute atomic E-state index is 12.2. The molecule has 0 saturated heterocycles. The summed E-state index contributed by atoms with van der Waals surface area (Å²) < 4.78 is 17.3. The van der Waals surface area contributed by atoms with Gasteiger partial charge in [-0.25, -0.2) is 20.1 Å². The Kier molecular flexibility index (Phi) is 7.33. The van der Waals surface area contributed by atoms with Gasteiger partial charge in [0.2, 0.25) is 0 Å². The van der Waals surface area contributed by atoms with E-state index in [1.165, 1.54) is 11.0 Å². The van der Waals surface area contributed by atoms with Crippen LogP contribution >= 0.6 is 7.60 Å². The first-order chi connectivity index (χ1) is 12.7. The number of nitrogens with zero attached hydrogens (tertiary/aromatic N) is 5. The predicted molar refractivity (Wildman–Crippen MR) is 93.4 cm³/mol. The molecular weight excluding hydrogens is 379 g/mol. The molecule has 2 aromatic rings. The molecule has 0 radical (unpaired) electrons. The molecule has 1 atom stereocenters. The second-order valence-electron chi connectivity index (χ2n) is 6.40.